The Bertz CT molecular complexity index is 1090. The molecule has 0 saturated carbocycles. The van der Waals surface area contributed by atoms with Gasteiger partial charge in [-0.3, -0.25) is 4.79 Å². The van der Waals surface area contributed by atoms with Gasteiger partial charge in [0.15, 0.2) is 11.5 Å². The highest BCUT2D eigenvalue weighted by Gasteiger charge is 2.24. The van der Waals surface area contributed by atoms with Crippen LogP contribution in [0, 0.1) is 0 Å². The first-order valence-corrected chi connectivity index (χ1v) is 9.86. The number of hydrogen-bond acceptors (Lipinski definition) is 6. The molecule has 154 valence electrons. The number of carbonyl (C=O) groups excluding carboxylic acids is 1. The molecule has 7 nitrogen and oxygen atoms in total. The highest BCUT2D eigenvalue weighted by molar-refractivity contribution is 6.31. The van der Waals surface area contributed by atoms with E-state index < -0.39 is 0 Å². The number of amides is 1. The van der Waals surface area contributed by atoms with Gasteiger partial charge in [-0.25, -0.2) is 9.97 Å². The van der Waals surface area contributed by atoms with Gasteiger partial charge in [-0.05, 0) is 24.3 Å². The first kappa shape index (κ1) is 20.0. The topological polar surface area (TPSA) is 90.6 Å². The molecule has 0 bridgehead atoms. The van der Waals surface area contributed by atoms with Gasteiger partial charge in [0.1, 0.15) is 6.61 Å². The van der Waals surface area contributed by atoms with Crippen molar-refractivity contribution >= 4 is 23.5 Å². The molecular formula is C22H21ClN4O3. The maximum absolute atomic E-state index is 13.0. The van der Waals surface area contributed by atoms with E-state index in [-0.39, 0.29) is 11.9 Å². The van der Waals surface area contributed by atoms with Crippen molar-refractivity contribution in [2.45, 2.75) is 19.6 Å². The summed E-state index contributed by atoms with van der Waals surface area (Å²) in [5.74, 6) is 1.20. The summed E-state index contributed by atoms with van der Waals surface area (Å²) in [6, 6.07) is 12.7. The molecule has 2 N–H and O–H groups in total. The van der Waals surface area contributed by atoms with E-state index in [0.29, 0.717) is 48.2 Å². The summed E-state index contributed by atoms with van der Waals surface area (Å²) in [6.45, 7) is 1.31. The zero-order valence-electron chi connectivity index (χ0n) is 16.5. The van der Waals surface area contributed by atoms with E-state index >= 15 is 0 Å². The molecule has 30 heavy (non-hydrogen) atoms. The predicted molar refractivity (Wildman–Crippen MR) is 114 cm³/mol. The highest BCUT2D eigenvalue weighted by atomic mass is 35.5. The molecule has 0 spiro atoms. The van der Waals surface area contributed by atoms with E-state index in [9.17, 15) is 4.79 Å². The third-order valence-corrected chi connectivity index (χ3v) is 5.36. The molecule has 4 rings (SSSR count). The largest absolute Gasteiger partial charge is 0.493 e. The lowest BCUT2D eigenvalue weighted by molar-refractivity contribution is 0.0733. The van der Waals surface area contributed by atoms with Gasteiger partial charge in [0.2, 0.25) is 5.95 Å². The lowest BCUT2D eigenvalue weighted by Crippen LogP contribution is -2.36. The summed E-state index contributed by atoms with van der Waals surface area (Å²) in [6.07, 6.45) is 2.33. The van der Waals surface area contributed by atoms with E-state index in [1.165, 1.54) is 0 Å². The molecule has 1 aliphatic rings. The average Bonchev–Trinajstić information content (AvgIpc) is 2.77. The van der Waals surface area contributed by atoms with Crippen molar-refractivity contribution in [3.63, 3.8) is 0 Å². The molecule has 0 fully saturated rings. The van der Waals surface area contributed by atoms with Gasteiger partial charge in [-0.1, -0.05) is 29.8 Å². The van der Waals surface area contributed by atoms with Crippen LogP contribution in [0.5, 0.6) is 11.5 Å². The molecule has 1 aliphatic heterocycles. The standard InChI is InChI=1S/C22H21ClN4O3/c1-29-20-10-14(6-7-19(20)30-13-15-4-2-3-5-17(15)23)21(28)27-9-8-18-16(12-27)11-25-22(24)26-18/h2-7,10-11H,8-9,12-13H2,1H3,(H2,24,25,26). The number of anilines is 1. The van der Waals surface area contributed by atoms with E-state index in [1.807, 2.05) is 24.3 Å². The minimum absolute atomic E-state index is 0.0894. The number of nitrogen functional groups attached to an aromatic ring is 1. The lowest BCUT2D eigenvalue weighted by Gasteiger charge is -2.28. The second-order valence-corrected chi connectivity index (χ2v) is 7.33. The van der Waals surface area contributed by atoms with Crippen molar-refractivity contribution in [1.82, 2.24) is 14.9 Å². The second kappa shape index (κ2) is 8.59. The zero-order valence-corrected chi connectivity index (χ0v) is 17.2. The van der Waals surface area contributed by atoms with Crippen LogP contribution in [0.15, 0.2) is 48.7 Å². The Balaban J connectivity index is 1.49. The number of benzene rings is 2. The summed E-state index contributed by atoms with van der Waals surface area (Å²) in [5.41, 5.74) is 8.85. The maximum atomic E-state index is 13.0. The summed E-state index contributed by atoms with van der Waals surface area (Å²) < 4.78 is 11.3. The van der Waals surface area contributed by atoms with Crippen molar-refractivity contribution in [1.29, 1.82) is 0 Å². The van der Waals surface area contributed by atoms with E-state index in [4.69, 9.17) is 26.8 Å². The molecule has 0 unspecified atom stereocenters. The first-order valence-electron chi connectivity index (χ1n) is 9.49. The minimum atomic E-state index is -0.0894. The maximum Gasteiger partial charge on any atom is 0.254 e. The van der Waals surface area contributed by atoms with E-state index in [2.05, 4.69) is 9.97 Å². The molecule has 3 aromatic rings. The number of nitrogens with two attached hydrogens (primary N) is 1. The van der Waals surface area contributed by atoms with Gasteiger partial charge in [-0.15, -0.1) is 0 Å². The zero-order chi connectivity index (χ0) is 21.1. The minimum Gasteiger partial charge on any atom is -0.493 e. The van der Waals surface area contributed by atoms with Gasteiger partial charge in [-0.2, -0.15) is 0 Å². The average molecular weight is 425 g/mol. The van der Waals surface area contributed by atoms with Crippen molar-refractivity contribution in [3.05, 3.63) is 76.1 Å². The molecular weight excluding hydrogens is 404 g/mol. The van der Waals surface area contributed by atoms with Crippen LogP contribution in [0.1, 0.15) is 27.2 Å². The molecule has 1 amide bonds. The highest BCUT2D eigenvalue weighted by Crippen LogP contribution is 2.30. The normalized spacial score (nSPS) is 12.9. The van der Waals surface area contributed by atoms with Crippen molar-refractivity contribution < 1.29 is 14.3 Å². The van der Waals surface area contributed by atoms with Gasteiger partial charge < -0.3 is 20.1 Å². The summed E-state index contributed by atoms with van der Waals surface area (Å²) in [5, 5.41) is 0.638. The summed E-state index contributed by atoms with van der Waals surface area (Å²) in [4.78, 5) is 23.1. The van der Waals surface area contributed by atoms with Crippen LogP contribution in [0.2, 0.25) is 5.02 Å². The molecule has 0 aliphatic carbocycles. The second-order valence-electron chi connectivity index (χ2n) is 6.92. The van der Waals surface area contributed by atoms with Crippen molar-refractivity contribution in [3.8, 4) is 11.5 Å². The third-order valence-electron chi connectivity index (χ3n) is 4.99. The Morgan fingerprint density at radius 2 is 2.07 bits per heavy atom. The van der Waals surface area contributed by atoms with E-state index in [0.717, 1.165) is 16.8 Å². The number of fused-ring (bicyclic) bond motifs is 1. The lowest BCUT2D eigenvalue weighted by atomic mass is 10.1. The number of hydrogen-bond donors (Lipinski definition) is 1. The monoisotopic (exact) mass is 424 g/mol. The Hall–Kier alpha value is -3.32. The van der Waals surface area contributed by atoms with Gasteiger partial charge in [0.25, 0.3) is 5.91 Å². The van der Waals surface area contributed by atoms with Crippen LogP contribution in [0.3, 0.4) is 0 Å². The summed E-state index contributed by atoms with van der Waals surface area (Å²) in [7, 11) is 1.55. The number of ether oxygens (including phenoxy) is 2. The number of halogens is 1. The summed E-state index contributed by atoms with van der Waals surface area (Å²) >= 11 is 6.18. The van der Waals surface area contributed by atoms with Crippen molar-refractivity contribution in [2.75, 3.05) is 19.4 Å². The molecule has 0 radical (unpaired) electrons. The molecule has 2 heterocycles. The quantitative estimate of drug-likeness (QED) is 0.674. The number of carbonyl (C=O) groups is 1. The van der Waals surface area contributed by atoms with Crippen LogP contribution in [-0.2, 0) is 19.6 Å². The van der Waals surface area contributed by atoms with Crippen LogP contribution in [0.4, 0.5) is 5.95 Å². The Morgan fingerprint density at radius 1 is 1.23 bits per heavy atom. The fourth-order valence-electron chi connectivity index (χ4n) is 3.38. The van der Waals surface area contributed by atoms with Crippen LogP contribution in [-0.4, -0.2) is 34.4 Å². The molecule has 2 aromatic carbocycles. The smallest absolute Gasteiger partial charge is 0.254 e. The van der Waals surface area contributed by atoms with Crippen molar-refractivity contribution in [2.24, 2.45) is 0 Å². The molecule has 1 aromatic heterocycles. The number of rotatable bonds is 5. The predicted octanol–water partition coefficient (Wildman–Crippen LogP) is 3.50. The SMILES string of the molecule is COc1cc(C(=O)N2CCc3nc(N)ncc3C2)ccc1OCc1ccccc1Cl. The van der Waals surface area contributed by atoms with Gasteiger partial charge in [0, 0.05) is 47.4 Å². The number of nitrogens with zero attached hydrogens (tertiary/aromatic N) is 3. The molecule has 0 atom stereocenters. The van der Waals surface area contributed by atoms with Crippen LogP contribution >= 0.6 is 11.6 Å². The van der Waals surface area contributed by atoms with Gasteiger partial charge >= 0.3 is 0 Å². The molecule has 8 heteroatoms. The fourth-order valence-corrected chi connectivity index (χ4v) is 3.57. The van der Waals surface area contributed by atoms with Crippen LogP contribution in [0.25, 0.3) is 0 Å². The third kappa shape index (κ3) is 4.16. The number of methoxy groups -OCH3 is 1. The first-order chi connectivity index (χ1) is 14.5. The van der Waals surface area contributed by atoms with Crippen LogP contribution < -0.4 is 15.2 Å². The molecule has 0 saturated heterocycles. The Kier molecular flexibility index (Phi) is 5.72. The Labute approximate surface area is 179 Å². The van der Waals surface area contributed by atoms with Gasteiger partial charge in [0.05, 0.1) is 12.8 Å². The van der Waals surface area contributed by atoms with E-state index in [1.54, 1.807) is 36.4 Å². The fraction of sp³-hybridized carbons (Fsp3) is 0.227. The Morgan fingerprint density at radius 3 is 2.87 bits per heavy atom. The number of aromatic nitrogens is 2.